The molecule has 0 bridgehead atoms. The fourth-order valence-corrected chi connectivity index (χ4v) is 2.58. The van der Waals surface area contributed by atoms with Gasteiger partial charge in [0.1, 0.15) is 6.61 Å². The largest absolute Gasteiger partial charge is 0.485 e. The number of ether oxygens (including phenoxy) is 1. The van der Waals surface area contributed by atoms with Crippen LogP contribution in [0.4, 0.5) is 0 Å². The average molecular weight is 453 g/mol. The molecule has 0 saturated carbocycles. The van der Waals surface area contributed by atoms with Crippen LogP contribution in [-0.2, 0) is 19.8 Å². The molecule has 0 aliphatic rings. The summed E-state index contributed by atoms with van der Waals surface area (Å²) in [7, 11) is 3.99. The Labute approximate surface area is 162 Å². The molecule has 1 N–H and O–H groups in total. The molecule has 0 amide bonds. The molecule has 0 radical (unpaired) electrons. The van der Waals surface area contributed by atoms with Gasteiger partial charge in [-0.2, -0.15) is 0 Å². The highest BCUT2D eigenvalue weighted by Crippen LogP contribution is 2.24. The molecule has 6 heteroatoms. The van der Waals surface area contributed by atoms with E-state index >= 15 is 0 Å². The van der Waals surface area contributed by atoms with Crippen molar-refractivity contribution < 1.29 is 9.84 Å². The molecular weight excluding hydrogens is 429 g/mol. The Morgan fingerprint density at radius 1 is 1.12 bits per heavy atom. The summed E-state index contributed by atoms with van der Waals surface area (Å²) in [5.74, 6) is 0.719. The summed E-state index contributed by atoms with van der Waals surface area (Å²) in [6, 6.07) is 13.9. The zero-order chi connectivity index (χ0) is 18.2. The molecule has 0 fully saturated rings. The summed E-state index contributed by atoms with van der Waals surface area (Å²) < 4.78 is 7.94. The van der Waals surface area contributed by atoms with Gasteiger partial charge in [0.25, 0.3) is 0 Å². The van der Waals surface area contributed by atoms with Gasteiger partial charge in [-0.15, -0.1) is 0 Å². The van der Waals surface area contributed by atoms with E-state index in [1.807, 2.05) is 72.1 Å². The zero-order valence-electron chi connectivity index (χ0n) is 14.8. The number of hydrogen-bond acceptors (Lipinski definition) is 4. The first-order chi connectivity index (χ1) is 12.2. The molecule has 134 valence electrons. The quantitative estimate of drug-likeness (QED) is 0.459. The number of imidazole rings is 1. The topological polar surface area (TPSA) is 50.0 Å². The summed E-state index contributed by atoms with van der Waals surface area (Å²) >= 11 is 2.15. The van der Waals surface area contributed by atoms with Crippen molar-refractivity contribution in [2.75, 3.05) is 19.0 Å². The van der Waals surface area contributed by atoms with Crippen molar-refractivity contribution in [3.05, 3.63) is 65.6 Å². The maximum atomic E-state index is 9.60. The van der Waals surface area contributed by atoms with E-state index in [0.29, 0.717) is 18.8 Å². The minimum Gasteiger partial charge on any atom is -0.485 e. The lowest BCUT2D eigenvalue weighted by Crippen LogP contribution is -2.14. The van der Waals surface area contributed by atoms with Gasteiger partial charge in [0, 0.05) is 12.7 Å². The number of aromatic nitrogens is 2. The molecule has 25 heavy (non-hydrogen) atoms. The molecule has 5 nitrogen and oxygen atoms in total. The molecule has 0 atom stereocenters. The number of alkyl halides is 1. The van der Waals surface area contributed by atoms with Crippen molar-refractivity contribution >= 4 is 28.2 Å². The predicted octanol–water partition coefficient (Wildman–Crippen LogP) is 3.52. The van der Waals surface area contributed by atoms with Gasteiger partial charge in [0.2, 0.25) is 0 Å². The average Bonchev–Trinajstić information content (AvgIpc) is 3.00. The van der Waals surface area contributed by atoms with Crippen LogP contribution in [0.2, 0.25) is 0 Å². The van der Waals surface area contributed by atoms with Gasteiger partial charge in [-0.05, 0) is 36.7 Å². The van der Waals surface area contributed by atoms with Crippen LogP contribution in [-0.4, -0.2) is 38.4 Å². The fraction of sp³-hybridized carbons (Fsp3) is 0.316. The fourth-order valence-electron chi connectivity index (χ4n) is 2.58. The van der Waals surface area contributed by atoms with Crippen LogP contribution < -0.4 is 4.74 Å². The van der Waals surface area contributed by atoms with Crippen LogP contribution in [0.5, 0.6) is 5.75 Å². The molecule has 0 aliphatic carbocycles. The highest BCUT2D eigenvalue weighted by molar-refractivity contribution is 14.1. The molecule has 0 aliphatic heterocycles. The second kappa shape index (κ2) is 9.74. The minimum absolute atomic E-state index is 0.0804. The van der Waals surface area contributed by atoms with Crippen LogP contribution in [0.25, 0.3) is 5.65 Å². The molecule has 3 aromatic rings. The first-order valence-corrected chi connectivity index (χ1v) is 10.1. The van der Waals surface area contributed by atoms with E-state index in [4.69, 9.17) is 4.74 Å². The number of nitrogens with zero attached hydrogens (tertiary/aromatic N) is 3. The lowest BCUT2D eigenvalue weighted by molar-refractivity contribution is 0.273. The molecule has 2 heterocycles. The van der Waals surface area contributed by atoms with E-state index in [2.05, 4.69) is 32.5 Å². The van der Waals surface area contributed by atoms with E-state index in [1.54, 1.807) is 0 Å². The number of rotatable bonds is 6. The highest BCUT2D eigenvalue weighted by Gasteiger charge is 2.15. The number of fused-ring (bicyclic) bond motifs is 1. The SMILES string of the molecule is CI.CN(C)Cc1c(CO)nc2c(OCc3ccccc3)cccn12. The summed E-state index contributed by atoms with van der Waals surface area (Å²) in [5.41, 5.74) is 3.52. The second-order valence-electron chi connectivity index (χ2n) is 5.74. The maximum Gasteiger partial charge on any atom is 0.180 e. The smallest absolute Gasteiger partial charge is 0.180 e. The third-order valence-electron chi connectivity index (χ3n) is 3.65. The number of hydrogen-bond donors (Lipinski definition) is 1. The second-order valence-corrected chi connectivity index (χ2v) is 5.74. The lowest BCUT2D eigenvalue weighted by atomic mass is 10.2. The Morgan fingerprint density at radius 3 is 2.48 bits per heavy atom. The van der Waals surface area contributed by atoms with Crippen LogP contribution in [0.1, 0.15) is 17.0 Å². The van der Waals surface area contributed by atoms with Crippen molar-refractivity contribution in [1.29, 1.82) is 0 Å². The van der Waals surface area contributed by atoms with E-state index < -0.39 is 0 Å². The molecule has 0 unspecified atom stereocenters. The van der Waals surface area contributed by atoms with Crippen molar-refractivity contribution in [3.63, 3.8) is 0 Å². The molecular formula is C19H24IN3O2. The Hall–Kier alpha value is -1.64. The number of benzene rings is 1. The predicted molar refractivity (Wildman–Crippen MR) is 109 cm³/mol. The van der Waals surface area contributed by atoms with Gasteiger partial charge in [-0.25, -0.2) is 4.98 Å². The van der Waals surface area contributed by atoms with E-state index in [1.165, 1.54) is 0 Å². The van der Waals surface area contributed by atoms with Crippen molar-refractivity contribution in [2.45, 2.75) is 19.8 Å². The Morgan fingerprint density at radius 2 is 1.84 bits per heavy atom. The van der Waals surface area contributed by atoms with Gasteiger partial charge >= 0.3 is 0 Å². The third kappa shape index (κ3) is 4.93. The first-order valence-electron chi connectivity index (χ1n) is 7.98. The van der Waals surface area contributed by atoms with Crippen LogP contribution >= 0.6 is 22.6 Å². The van der Waals surface area contributed by atoms with Gasteiger partial charge in [0.05, 0.1) is 18.0 Å². The van der Waals surface area contributed by atoms with Gasteiger partial charge in [0.15, 0.2) is 11.4 Å². The van der Waals surface area contributed by atoms with Crippen LogP contribution in [0.3, 0.4) is 0 Å². The maximum absolute atomic E-state index is 9.60. The molecule has 0 saturated heterocycles. The number of aliphatic hydroxyl groups is 1. The lowest BCUT2D eigenvalue weighted by Gasteiger charge is -2.11. The van der Waals surface area contributed by atoms with E-state index in [0.717, 1.165) is 22.7 Å². The monoisotopic (exact) mass is 453 g/mol. The summed E-state index contributed by atoms with van der Waals surface area (Å²) in [4.78, 5) is 8.58. The third-order valence-corrected chi connectivity index (χ3v) is 3.65. The van der Waals surface area contributed by atoms with Crippen molar-refractivity contribution in [3.8, 4) is 5.75 Å². The van der Waals surface area contributed by atoms with Gasteiger partial charge in [-0.3, -0.25) is 4.40 Å². The number of aliphatic hydroxyl groups excluding tert-OH is 1. The van der Waals surface area contributed by atoms with Crippen molar-refractivity contribution in [2.24, 2.45) is 0 Å². The molecule has 0 spiro atoms. The highest BCUT2D eigenvalue weighted by atomic mass is 127. The number of halogens is 1. The van der Waals surface area contributed by atoms with Gasteiger partial charge < -0.3 is 14.7 Å². The Bertz CT molecular complexity index is 788. The van der Waals surface area contributed by atoms with Crippen molar-refractivity contribution in [1.82, 2.24) is 14.3 Å². The zero-order valence-corrected chi connectivity index (χ0v) is 17.0. The Balaban J connectivity index is 0.00000109. The molecule has 1 aromatic carbocycles. The van der Waals surface area contributed by atoms with Crippen LogP contribution in [0, 0.1) is 0 Å². The normalized spacial score (nSPS) is 10.6. The first kappa shape index (κ1) is 19.7. The van der Waals surface area contributed by atoms with Crippen LogP contribution in [0.15, 0.2) is 48.7 Å². The number of pyridine rings is 1. The molecule has 3 rings (SSSR count). The minimum atomic E-state index is -0.0804. The van der Waals surface area contributed by atoms with Gasteiger partial charge in [-0.1, -0.05) is 52.9 Å². The van der Waals surface area contributed by atoms with E-state index in [9.17, 15) is 5.11 Å². The summed E-state index contributed by atoms with van der Waals surface area (Å²) in [6.07, 6.45) is 1.95. The standard InChI is InChI=1S/C18H21N3O2.CH3I/c1-20(2)11-16-15(12-22)19-18-17(9-6-10-21(16)18)23-13-14-7-4-3-5-8-14;1-2/h3-10,22H,11-13H2,1-2H3;1H3. The molecule has 2 aromatic heterocycles. The Kier molecular flexibility index (Phi) is 7.67. The summed E-state index contributed by atoms with van der Waals surface area (Å²) in [6.45, 7) is 1.12. The summed E-state index contributed by atoms with van der Waals surface area (Å²) in [5, 5.41) is 9.60. The van der Waals surface area contributed by atoms with E-state index in [-0.39, 0.29) is 6.61 Å².